The Balaban J connectivity index is 2.23. The third-order valence-corrected chi connectivity index (χ3v) is 3.52. The second-order valence-electron chi connectivity index (χ2n) is 4.29. The van der Waals surface area contributed by atoms with Crippen LogP contribution in [0.2, 0.25) is 0 Å². The smallest absolute Gasteiger partial charge is 0.191 e. The number of hydrogen-bond acceptors (Lipinski definition) is 6. The number of nitrogens with zero attached hydrogens (tertiary/aromatic N) is 2. The minimum Gasteiger partial charge on any atom is -0.363 e. The topological polar surface area (TPSA) is 75.9 Å². The molecule has 5 nitrogen and oxygen atoms in total. The van der Waals surface area contributed by atoms with Gasteiger partial charge in [0.15, 0.2) is 5.16 Å². The van der Waals surface area contributed by atoms with E-state index >= 15 is 0 Å². The van der Waals surface area contributed by atoms with Gasteiger partial charge in [-0.1, -0.05) is 49.0 Å². The van der Waals surface area contributed by atoms with Crippen molar-refractivity contribution in [2.24, 2.45) is 5.84 Å². The van der Waals surface area contributed by atoms with Crippen molar-refractivity contribution in [3.8, 4) is 0 Å². The van der Waals surface area contributed by atoms with E-state index in [4.69, 9.17) is 5.84 Å². The maximum absolute atomic E-state index is 5.44. The van der Waals surface area contributed by atoms with E-state index in [1.807, 2.05) is 30.5 Å². The average Bonchev–Trinajstić information content (AvgIpc) is 2.53. The first-order valence-electron chi connectivity index (χ1n) is 6.48. The zero-order chi connectivity index (χ0) is 14.4. The number of anilines is 2. The van der Waals surface area contributed by atoms with E-state index in [0.717, 1.165) is 12.2 Å². The van der Waals surface area contributed by atoms with Crippen LogP contribution < -0.4 is 16.6 Å². The summed E-state index contributed by atoms with van der Waals surface area (Å²) >= 11 is 1.49. The van der Waals surface area contributed by atoms with Crippen LogP contribution in [0.25, 0.3) is 0 Å². The number of thioether (sulfide) groups is 1. The summed E-state index contributed by atoms with van der Waals surface area (Å²) in [5.41, 5.74) is 3.81. The van der Waals surface area contributed by atoms with Gasteiger partial charge in [-0.05, 0) is 18.2 Å². The number of nitrogen functional groups attached to an aromatic ring is 1. The summed E-state index contributed by atoms with van der Waals surface area (Å²) in [6, 6.07) is 12.3. The molecule has 0 radical (unpaired) electrons. The van der Waals surface area contributed by atoms with Crippen molar-refractivity contribution in [2.45, 2.75) is 24.5 Å². The average molecular weight is 289 g/mol. The molecule has 0 amide bonds. The Morgan fingerprint density at radius 2 is 1.90 bits per heavy atom. The van der Waals surface area contributed by atoms with Crippen LogP contribution in [0.4, 0.5) is 11.6 Å². The highest BCUT2D eigenvalue weighted by molar-refractivity contribution is 7.98. The van der Waals surface area contributed by atoms with E-state index in [9.17, 15) is 0 Å². The first-order chi connectivity index (χ1) is 9.76. The van der Waals surface area contributed by atoms with Crippen LogP contribution in [0.15, 0.2) is 41.6 Å². The van der Waals surface area contributed by atoms with Gasteiger partial charge in [0.1, 0.15) is 11.6 Å². The molecule has 0 saturated carbocycles. The summed E-state index contributed by atoms with van der Waals surface area (Å²) in [5.74, 6) is 6.82. The van der Waals surface area contributed by atoms with Crippen LogP contribution in [0.5, 0.6) is 0 Å². The highest BCUT2D eigenvalue weighted by Crippen LogP contribution is 2.23. The number of aromatic nitrogens is 2. The number of hydrogen-bond donors (Lipinski definition) is 3. The minimum absolute atomic E-state index is 0.214. The van der Waals surface area contributed by atoms with Crippen LogP contribution in [-0.4, -0.2) is 16.2 Å². The molecule has 1 unspecified atom stereocenters. The van der Waals surface area contributed by atoms with Gasteiger partial charge in [0.25, 0.3) is 0 Å². The van der Waals surface area contributed by atoms with Crippen LogP contribution in [-0.2, 0) is 0 Å². The lowest BCUT2D eigenvalue weighted by Gasteiger charge is -2.18. The van der Waals surface area contributed by atoms with E-state index in [1.54, 1.807) is 0 Å². The number of nitrogens with one attached hydrogen (secondary N) is 2. The maximum Gasteiger partial charge on any atom is 0.191 e. The van der Waals surface area contributed by atoms with Crippen LogP contribution >= 0.6 is 11.8 Å². The molecule has 0 bridgehead atoms. The van der Waals surface area contributed by atoms with Crippen molar-refractivity contribution in [1.29, 1.82) is 0 Å². The molecule has 1 aromatic heterocycles. The molecule has 2 rings (SSSR count). The third-order valence-electron chi connectivity index (χ3n) is 2.97. The number of hydrazine groups is 1. The normalized spacial score (nSPS) is 11.9. The Kier molecular flexibility index (Phi) is 5.20. The SMILES string of the molecule is CCC(Nc1cc(NN)nc(SC)n1)c1ccccc1. The fourth-order valence-electron chi connectivity index (χ4n) is 1.95. The second-order valence-corrected chi connectivity index (χ2v) is 5.06. The molecule has 1 atom stereocenters. The molecule has 0 saturated heterocycles. The lowest BCUT2D eigenvalue weighted by molar-refractivity contribution is 0.740. The molecule has 0 spiro atoms. The van der Waals surface area contributed by atoms with Gasteiger partial charge in [-0.15, -0.1) is 0 Å². The molecule has 0 aliphatic carbocycles. The molecular formula is C14H19N5S. The molecule has 0 aliphatic rings. The van der Waals surface area contributed by atoms with Crippen molar-refractivity contribution < 1.29 is 0 Å². The van der Waals surface area contributed by atoms with Crippen molar-refractivity contribution in [3.05, 3.63) is 42.0 Å². The zero-order valence-electron chi connectivity index (χ0n) is 11.6. The molecule has 6 heteroatoms. The number of rotatable bonds is 6. The Labute approximate surface area is 123 Å². The summed E-state index contributed by atoms with van der Waals surface area (Å²) in [5, 5.41) is 4.12. The van der Waals surface area contributed by atoms with Gasteiger partial charge in [-0.25, -0.2) is 15.8 Å². The maximum atomic E-state index is 5.44. The van der Waals surface area contributed by atoms with E-state index in [2.05, 4.69) is 39.8 Å². The first-order valence-corrected chi connectivity index (χ1v) is 7.70. The molecule has 1 aromatic carbocycles. The van der Waals surface area contributed by atoms with Crippen LogP contribution in [0, 0.1) is 0 Å². The molecule has 2 aromatic rings. The number of nitrogens with two attached hydrogens (primary N) is 1. The summed E-state index contributed by atoms with van der Waals surface area (Å²) in [4.78, 5) is 8.71. The van der Waals surface area contributed by atoms with Crippen LogP contribution in [0.3, 0.4) is 0 Å². The predicted molar refractivity (Wildman–Crippen MR) is 84.7 cm³/mol. The van der Waals surface area contributed by atoms with Gasteiger partial charge in [0, 0.05) is 6.07 Å². The van der Waals surface area contributed by atoms with Gasteiger partial charge in [0.2, 0.25) is 0 Å². The molecule has 0 aliphatic heterocycles. The molecule has 0 fully saturated rings. The highest BCUT2D eigenvalue weighted by Gasteiger charge is 2.11. The summed E-state index contributed by atoms with van der Waals surface area (Å²) in [7, 11) is 0. The standard InChI is InChI=1S/C14H19N5S/c1-3-11(10-7-5-4-6-8-10)16-12-9-13(19-15)18-14(17-12)20-2/h4-9,11H,3,15H2,1-2H3,(H2,16,17,18,19). The minimum atomic E-state index is 0.214. The second kappa shape index (κ2) is 7.12. The van der Waals surface area contributed by atoms with Crippen molar-refractivity contribution in [1.82, 2.24) is 9.97 Å². The molecule has 1 heterocycles. The summed E-state index contributed by atoms with van der Waals surface area (Å²) < 4.78 is 0. The molecule has 4 N–H and O–H groups in total. The summed E-state index contributed by atoms with van der Waals surface area (Å²) in [6.45, 7) is 2.14. The van der Waals surface area contributed by atoms with E-state index < -0.39 is 0 Å². The van der Waals surface area contributed by atoms with E-state index in [-0.39, 0.29) is 6.04 Å². The Morgan fingerprint density at radius 3 is 2.50 bits per heavy atom. The van der Waals surface area contributed by atoms with Crippen molar-refractivity contribution >= 4 is 23.4 Å². The van der Waals surface area contributed by atoms with E-state index in [1.165, 1.54) is 17.3 Å². The van der Waals surface area contributed by atoms with E-state index in [0.29, 0.717) is 11.0 Å². The lowest BCUT2D eigenvalue weighted by Crippen LogP contribution is -2.14. The largest absolute Gasteiger partial charge is 0.363 e. The number of benzene rings is 1. The first kappa shape index (κ1) is 14.6. The summed E-state index contributed by atoms with van der Waals surface area (Å²) in [6.07, 6.45) is 2.90. The van der Waals surface area contributed by atoms with Crippen molar-refractivity contribution in [3.63, 3.8) is 0 Å². The molecule has 20 heavy (non-hydrogen) atoms. The van der Waals surface area contributed by atoms with Gasteiger partial charge < -0.3 is 10.7 Å². The molecular weight excluding hydrogens is 270 g/mol. The highest BCUT2D eigenvalue weighted by atomic mass is 32.2. The Morgan fingerprint density at radius 1 is 1.20 bits per heavy atom. The Bertz CT molecular complexity index is 524. The van der Waals surface area contributed by atoms with Crippen LogP contribution in [0.1, 0.15) is 24.9 Å². The Hall–Kier alpha value is -1.79. The quantitative estimate of drug-likeness (QED) is 0.328. The molecule has 106 valence electrons. The van der Waals surface area contributed by atoms with Gasteiger partial charge >= 0.3 is 0 Å². The fourth-order valence-corrected chi connectivity index (χ4v) is 2.33. The third kappa shape index (κ3) is 3.61. The van der Waals surface area contributed by atoms with Gasteiger partial charge in [-0.2, -0.15) is 0 Å². The monoisotopic (exact) mass is 289 g/mol. The fraction of sp³-hybridized carbons (Fsp3) is 0.286. The lowest BCUT2D eigenvalue weighted by atomic mass is 10.0. The zero-order valence-corrected chi connectivity index (χ0v) is 12.4. The van der Waals surface area contributed by atoms with Gasteiger partial charge in [-0.3, -0.25) is 0 Å². The van der Waals surface area contributed by atoms with Crippen molar-refractivity contribution in [2.75, 3.05) is 17.0 Å². The predicted octanol–water partition coefficient (Wildman–Crippen LogP) is 3.05. The van der Waals surface area contributed by atoms with Gasteiger partial charge in [0.05, 0.1) is 6.04 Å².